The molecule has 2 amide bonds. The third-order valence-corrected chi connectivity index (χ3v) is 6.87. The number of carbonyl (C=O) groups excluding carboxylic acids is 3. The number of rotatable bonds is 10. The molecule has 0 spiro atoms. The number of carbonyl (C=O) groups is 3. The number of nitrogens with one attached hydrogen (secondary N) is 2. The Hall–Kier alpha value is -3.20. The van der Waals surface area contributed by atoms with Gasteiger partial charge in [-0.3, -0.25) is 19.8 Å². The number of amides is 2. The fourth-order valence-electron chi connectivity index (χ4n) is 4.55. The molecular formula is C30H48N4O5. The highest BCUT2D eigenvalue weighted by Gasteiger charge is 2.57. The molecule has 3 rings (SSSR count). The summed E-state index contributed by atoms with van der Waals surface area (Å²) in [6.07, 6.45) is 8.47. The van der Waals surface area contributed by atoms with Gasteiger partial charge in [0.05, 0.1) is 19.9 Å². The molecule has 0 unspecified atom stereocenters. The van der Waals surface area contributed by atoms with Crippen molar-refractivity contribution in [2.75, 3.05) is 21.3 Å². The van der Waals surface area contributed by atoms with Crippen molar-refractivity contribution in [3.8, 4) is 5.75 Å². The van der Waals surface area contributed by atoms with Crippen LogP contribution < -0.4 is 15.5 Å². The Bertz CT molecular complexity index is 980. The molecule has 9 nitrogen and oxygen atoms in total. The lowest BCUT2D eigenvalue weighted by Gasteiger charge is -2.34. The zero-order chi connectivity index (χ0) is 29.4. The maximum atomic E-state index is 13.7. The van der Waals surface area contributed by atoms with Gasteiger partial charge in [-0.05, 0) is 69.9 Å². The van der Waals surface area contributed by atoms with E-state index in [-0.39, 0.29) is 30.1 Å². The van der Waals surface area contributed by atoms with Crippen LogP contribution in [0, 0.1) is 12.8 Å². The zero-order valence-corrected chi connectivity index (χ0v) is 25.0. The van der Waals surface area contributed by atoms with Crippen LogP contribution >= 0.6 is 0 Å². The molecule has 2 saturated carbocycles. The van der Waals surface area contributed by atoms with Gasteiger partial charge in [0.15, 0.2) is 6.29 Å². The predicted octanol–water partition coefficient (Wildman–Crippen LogP) is 4.53. The Balaban J connectivity index is 0.00000142. The Kier molecular flexibility index (Phi) is 15.1. The molecule has 9 heteroatoms. The van der Waals surface area contributed by atoms with Crippen molar-refractivity contribution >= 4 is 24.3 Å². The molecule has 2 fully saturated rings. The van der Waals surface area contributed by atoms with E-state index in [4.69, 9.17) is 4.74 Å². The minimum absolute atomic E-state index is 0.0988. The fourth-order valence-corrected chi connectivity index (χ4v) is 4.55. The first-order chi connectivity index (χ1) is 18.8. The van der Waals surface area contributed by atoms with Gasteiger partial charge in [-0.1, -0.05) is 39.0 Å². The largest absolute Gasteiger partial charge is 0.496 e. The number of hydrogen-bond acceptors (Lipinski definition) is 7. The van der Waals surface area contributed by atoms with E-state index in [1.54, 1.807) is 39.2 Å². The van der Waals surface area contributed by atoms with Gasteiger partial charge in [0.2, 0.25) is 5.91 Å². The maximum absolute atomic E-state index is 13.7. The SMILES string of the molecule is C/C=C(\N/N=C/C=O)C(=O)N(Cc1ccc(C)cc1OC)C1(C(=O)NC2CCC(C)CC2)CC1.CC.COC. The maximum Gasteiger partial charge on any atom is 0.272 e. The summed E-state index contributed by atoms with van der Waals surface area (Å²) in [5.74, 6) is 0.908. The second-order valence-corrected chi connectivity index (χ2v) is 9.81. The fraction of sp³-hybridized carbons (Fsp3) is 0.600. The molecule has 0 aliphatic heterocycles. The Labute approximate surface area is 234 Å². The highest BCUT2D eigenvalue weighted by atomic mass is 16.5. The molecule has 0 radical (unpaired) electrons. The zero-order valence-electron chi connectivity index (χ0n) is 25.0. The number of hydrazone groups is 1. The molecule has 39 heavy (non-hydrogen) atoms. The summed E-state index contributed by atoms with van der Waals surface area (Å²) in [7, 11) is 4.85. The molecule has 0 aromatic heterocycles. The Morgan fingerprint density at radius 1 is 1.13 bits per heavy atom. The third kappa shape index (κ3) is 9.80. The van der Waals surface area contributed by atoms with Gasteiger partial charge < -0.3 is 19.7 Å². The molecule has 1 aromatic rings. The van der Waals surface area contributed by atoms with Gasteiger partial charge in [-0.2, -0.15) is 5.10 Å². The number of allylic oxidation sites excluding steroid dienone is 1. The number of ether oxygens (including phenoxy) is 2. The second kappa shape index (κ2) is 17.4. The van der Waals surface area contributed by atoms with Crippen molar-refractivity contribution in [3.05, 3.63) is 41.1 Å². The van der Waals surface area contributed by atoms with Crippen LogP contribution in [0.3, 0.4) is 0 Å². The van der Waals surface area contributed by atoms with Crippen molar-refractivity contribution < 1.29 is 23.9 Å². The van der Waals surface area contributed by atoms with E-state index in [0.717, 1.165) is 43.0 Å². The topological polar surface area (TPSA) is 109 Å². The van der Waals surface area contributed by atoms with Crippen LogP contribution in [0.2, 0.25) is 0 Å². The van der Waals surface area contributed by atoms with Crippen molar-refractivity contribution in [1.29, 1.82) is 0 Å². The van der Waals surface area contributed by atoms with Crippen molar-refractivity contribution in [2.45, 2.75) is 91.3 Å². The summed E-state index contributed by atoms with van der Waals surface area (Å²) in [6, 6.07) is 5.96. The molecule has 0 heterocycles. The molecule has 0 bridgehead atoms. The first kappa shape index (κ1) is 33.8. The normalized spacial score (nSPS) is 19.4. The Morgan fingerprint density at radius 3 is 2.26 bits per heavy atom. The number of aryl methyl sites for hydroxylation is 1. The van der Waals surface area contributed by atoms with Gasteiger partial charge in [0.1, 0.15) is 17.0 Å². The number of hydrogen-bond donors (Lipinski definition) is 2. The standard InChI is InChI=1S/C26H36N4O4.C2H6O.C2H6/c1-5-22(29-27-14-15-31)24(32)30(17-20-9-6-19(3)16-23(20)34-4)26(12-13-26)25(33)28-21-10-7-18(2)8-11-21;1-3-2;1-2/h5-6,9,14-16,18,21,29H,7-8,10-13,17H2,1-4H3,(H,28,33);1-2H3;1-2H3/b22-5-,27-14+;;. The number of nitrogens with zero attached hydrogens (tertiary/aromatic N) is 2. The van der Waals surface area contributed by atoms with E-state index in [0.29, 0.717) is 30.8 Å². The first-order valence-electron chi connectivity index (χ1n) is 13.8. The Morgan fingerprint density at radius 2 is 1.74 bits per heavy atom. The van der Waals surface area contributed by atoms with E-state index in [1.165, 1.54) is 0 Å². The summed E-state index contributed by atoms with van der Waals surface area (Å²) < 4.78 is 9.82. The monoisotopic (exact) mass is 544 g/mol. The van der Waals surface area contributed by atoms with Crippen LogP contribution in [0.5, 0.6) is 5.75 Å². The summed E-state index contributed by atoms with van der Waals surface area (Å²) in [5.41, 5.74) is 3.79. The van der Waals surface area contributed by atoms with Gasteiger partial charge >= 0.3 is 0 Å². The van der Waals surface area contributed by atoms with E-state index in [9.17, 15) is 14.4 Å². The van der Waals surface area contributed by atoms with E-state index in [1.807, 2.05) is 39.0 Å². The molecular weight excluding hydrogens is 496 g/mol. The first-order valence-corrected chi connectivity index (χ1v) is 13.8. The van der Waals surface area contributed by atoms with Gasteiger partial charge in [-0.15, -0.1) is 0 Å². The lowest BCUT2D eigenvalue weighted by atomic mass is 9.87. The average molecular weight is 545 g/mol. The molecule has 2 aliphatic carbocycles. The van der Waals surface area contributed by atoms with E-state index in [2.05, 4.69) is 27.5 Å². The molecule has 2 aliphatic rings. The third-order valence-electron chi connectivity index (χ3n) is 6.87. The lowest BCUT2D eigenvalue weighted by molar-refractivity contribution is -0.141. The van der Waals surface area contributed by atoms with Crippen LogP contribution in [-0.2, 0) is 25.7 Å². The molecule has 1 aromatic carbocycles. The van der Waals surface area contributed by atoms with Crippen LogP contribution in [-0.4, -0.2) is 62.1 Å². The second-order valence-electron chi connectivity index (χ2n) is 9.81. The summed E-state index contributed by atoms with van der Waals surface area (Å²) in [5, 5.41) is 7.01. The van der Waals surface area contributed by atoms with Crippen molar-refractivity contribution in [1.82, 2.24) is 15.6 Å². The molecule has 218 valence electrons. The number of methoxy groups -OCH3 is 2. The minimum atomic E-state index is -0.916. The van der Waals surface area contributed by atoms with Gasteiger partial charge in [0, 0.05) is 25.8 Å². The number of benzene rings is 1. The predicted molar refractivity (Wildman–Crippen MR) is 156 cm³/mol. The van der Waals surface area contributed by atoms with Crippen molar-refractivity contribution in [2.24, 2.45) is 11.0 Å². The minimum Gasteiger partial charge on any atom is -0.496 e. The highest BCUT2D eigenvalue weighted by molar-refractivity contribution is 6.12. The molecule has 0 atom stereocenters. The van der Waals surface area contributed by atoms with Crippen LogP contribution in [0.4, 0.5) is 0 Å². The van der Waals surface area contributed by atoms with E-state index < -0.39 is 5.54 Å². The quantitative estimate of drug-likeness (QED) is 0.194. The van der Waals surface area contributed by atoms with Crippen LogP contribution in [0.25, 0.3) is 0 Å². The number of aldehydes is 1. The van der Waals surface area contributed by atoms with Gasteiger partial charge in [0.25, 0.3) is 5.91 Å². The summed E-state index contributed by atoms with van der Waals surface area (Å²) >= 11 is 0. The van der Waals surface area contributed by atoms with Crippen LogP contribution in [0.15, 0.2) is 35.1 Å². The highest BCUT2D eigenvalue weighted by Crippen LogP contribution is 2.44. The smallest absolute Gasteiger partial charge is 0.272 e. The van der Waals surface area contributed by atoms with Crippen molar-refractivity contribution in [3.63, 3.8) is 0 Å². The molecule has 2 N–H and O–H groups in total. The van der Waals surface area contributed by atoms with E-state index >= 15 is 0 Å². The molecule has 0 saturated heterocycles. The lowest BCUT2D eigenvalue weighted by Crippen LogP contribution is -2.54. The summed E-state index contributed by atoms with van der Waals surface area (Å²) in [6.45, 7) is 10.1. The summed E-state index contributed by atoms with van der Waals surface area (Å²) in [4.78, 5) is 39.5. The van der Waals surface area contributed by atoms with Crippen LogP contribution in [0.1, 0.15) is 77.3 Å². The van der Waals surface area contributed by atoms with Gasteiger partial charge in [-0.25, -0.2) is 0 Å². The average Bonchev–Trinajstić information content (AvgIpc) is 3.75.